The Morgan fingerprint density at radius 2 is 1.83 bits per heavy atom. The first-order chi connectivity index (χ1) is 14.6. The summed E-state index contributed by atoms with van der Waals surface area (Å²) in [6.45, 7) is 3.46. The molecule has 6 nitrogen and oxygen atoms in total. The van der Waals surface area contributed by atoms with Gasteiger partial charge in [-0.05, 0) is 41.8 Å². The fourth-order valence-corrected chi connectivity index (χ4v) is 3.41. The molecule has 0 aliphatic heterocycles. The highest BCUT2D eigenvalue weighted by molar-refractivity contribution is 5.76. The molecule has 3 aromatic rings. The molecule has 3 rings (SSSR count). The predicted molar refractivity (Wildman–Crippen MR) is 119 cm³/mol. The fraction of sp³-hybridized carbons (Fsp3) is 0.417. The Morgan fingerprint density at radius 1 is 1.07 bits per heavy atom. The van der Waals surface area contributed by atoms with Crippen molar-refractivity contribution in [1.29, 1.82) is 0 Å². The first-order valence-corrected chi connectivity index (χ1v) is 10.8. The van der Waals surface area contributed by atoms with Crippen molar-refractivity contribution in [2.75, 3.05) is 13.2 Å². The molecule has 0 fully saturated rings. The van der Waals surface area contributed by atoms with Crippen LogP contribution in [0.25, 0.3) is 11.0 Å². The molecular weight excluding hydrogens is 378 g/mol. The minimum absolute atomic E-state index is 0.0508. The van der Waals surface area contributed by atoms with Crippen molar-refractivity contribution >= 4 is 17.0 Å². The first-order valence-electron chi connectivity index (χ1n) is 10.8. The van der Waals surface area contributed by atoms with Gasteiger partial charge in [0.25, 0.3) is 0 Å². The summed E-state index contributed by atoms with van der Waals surface area (Å²) in [5.41, 5.74) is 4.07. The molecule has 30 heavy (non-hydrogen) atoms. The number of carboxylic acids is 1. The van der Waals surface area contributed by atoms with Gasteiger partial charge in [-0.1, -0.05) is 50.8 Å². The molecule has 2 aromatic carbocycles. The number of fused-ring (bicyclic) bond motifs is 1. The summed E-state index contributed by atoms with van der Waals surface area (Å²) in [6.07, 6.45) is 6.91. The molecule has 0 saturated carbocycles. The van der Waals surface area contributed by atoms with Gasteiger partial charge in [-0.3, -0.25) is 4.79 Å². The maximum Gasteiger partial charge on any atom is 0.317 e. The largest absolute Gasteiger partial charge is 0.494 e. The Kier molecular flexibility index (Phi) is 8.27. The normalized spacial score (nSPS) is 11.1. The van der Waals surface area contributed by atoms with Gasteiger partial charge in [-0.15, -0.1) is 0 Å². The third kappa shape index (κ3) is 6.88. The molecule has 160 valence electrons. The van der Waals surface area contributed by atoms with Crippen LogP contribution in [0.1, 0.15) is 56.0 Å². The topological polar surface area (TPSA) is 87.2 Å². The minimum atomic E-state index is -0.858. The second-order valence-electron chi connectivity index (χ2n) is 7.62. The monoisotopic (exact) mass is 409 g/mol. The lowest BCUT2D eigenvalue weighted by atomic mass is 10.1. The SMILES string of the molecule is CCCCCCCOc1ccc(Cc2nc3ccc(CNCC(=O)O)cc3[nH]2)cc1. The van der Waals surface area contributed by atoms with Crippen LogP contribution in [0.3, 0.4) is 0 Å². The molecule has 1 aromatic heterocycles. The number of aromatic nitrogens is 2. The Morgan fingerprint density at radius 3 is 2.60 bits per heavy atom. The van der Waals surface area contributed by atoms with Crippen LogP contribution in [0.2, 0.25) is 0 Å². The van der Waals surface area contributed by atoms with E-state index in [4.69, 9.17) is 9.84 Å². The third-order valence-corrected chi connectivity index (χ3v) is 5.01. The van der Waals surface area contributed by atoms with E-state index in [-0.39, 0.29) is 6.54 Å². The van der Waals surface area contributed by atoms with Crippen LogP contribution in [0.15, 0.2) is 42.5 Å². The van der Waals surface area contributed by atoms with Crippen molar-refractivity contribution in [3.63, 3.8) is 0 Å². The predicted octanol–water partition coefficient (Wildman–Crippen LogP) is 4.68. The van der Waals surface area contributed by atoms with Crippen LogP contribution >= 0.6 is 0 Å². The van der Waals surface area contributed by atoms with E-state index in [1.54, 1.807) is 0 Å². The van der Waals surface area contributed by atoms with E-state index < -0.39 is 5.97 Å². The molecule has 0 spiro atoms. The van der Waals surface area contributed by atoms with Crippen LogP contribution < -0.4 is 10.1 Å². The summed E-state index contributed by atoms with van der Waals surface area (Å²) in [5.74, 6) is 0.964. The lowest BCUT2D eigenvalue weighted by Crippen LogP contribution is -2.21. The van der Waals surface area contributed by atoms with Crippen molar-refractivity contribution < 1.29 is 14.6 Å². The third-order valence-electron chi connectivity index (χ3n) is 5.01. The number of carbonyl (C=O) groups is 1. The van der Waals surface area contributed by atoms with E-state index in [1.807, 2.05) is 30.3 Å². The van der Waals surface area contributed by atoms with E-state index in [2.05, 4.69) is 34.3 Å². The van der Waals surface area contributed by atoms with E-state index in [0.29, 0.717) is 6.54 Å². The van der Waals surface area contributed by atoms with Crippen molar-refractivity contribution in [2.45, 2.75) is 52.0 Å². The second-order valence-corrected chi connectivity index (χ2v) is 7.62. The number of nitrogens with one attached hydrogen (secondary N) is 2. The van der Waals surface area contributed by atoms with Crippen molar-refractivity contribution in [2.24, 2.45) is 0 Å². The zero-order valence-electron chi connectivity index (χ0n) is 17.6. The summed E-state index contributed by atoms with van der Waals surface area (Å²) in [4.78, 5) is 18.6. The summed E-state index contributed by atoms with van der Waals surface area (Å²) in [7, 11) is 0. The van der Waals surface area contributed by atoms with Crippen molar-refractivity contribution in [1.82, 2.24) is 15.3 Å². The lowest BCUT2D eigenvalue weighted by Gasteiger charge is -2.07. The zero-order chi connectivity index (χ0) is 21.2. The number of aromatic amines is 1. The number of benzene rings is 2. The minimum Gasteiger partial charge on any atom is -0.494 e. The van der Waals surface area contributed by atoms with Gasteiger partial charge in [-0.2, -0.15) is 0 Å². The summed E-state index contributed by atoms with van der Waals surface area (Å²) >= 11 is 0. The molecule has 0 amide bonds. The highest BCUT2D eigenvalue weighted by Gasteiger charge is 2.06. The number of hydrogen-bond acceptors (Lipinski definition) is 4. The zero-order valence-corrected chi connectivity index (χ0v) is 17.6. The number of hydrogen-bond donors (Lipinski definition) is 3. The Hall–Kier alpha value is -2.86. The molecule has 0 bridgehead atoms. The quantitative estimate of drug-likeness (QED) is 0.357. The first kappa shape index (κ1) is 21.8. The molecule has 0 aliphatic rings. The van der Waals surface area contributed by atoms with Gasteiger partial charge in [0.1, 0.15) is 11.6 Å². The van der Waals surface area contributed by atoms with Gasteiger partial charge in [-0.25, -0.2) is 4.98 Å². The molecule has 6 heteroatoms. The van der Waals surface area contributed by atoms with E-state index in [1.165, 1.54) is 31.2 Å². The maximum absolute atomic E-state index is 10.6. The molecular formula is C24H31N3O3. The van der Waals surface area contributed by atoms with Crippen molar-refractivity contribution in [3.8, 4) is 5.75 Å². The fourth-order valence-electron chi connectivity index (χ4n) is 3.41. The molecule has 0 atom stereocenters. The van der Waals surface area contributed by atoms with Gasteiger partial charge in [0.2, 0.25) is 0 Å². The molecule has 0 radical (unpaired) electrons. The Labute approximate surface area is 177 Å². The van der Waals surface area contributed by atoms with Crippen LogP contribution in [-0.4, -0.2) is 34.2 Å². The van der Waals surface area contributed by atoms with Gasteiger partial charge in [0, 0.05) is 13.0 Å². The van der Waals surface area contributed by atoms with Crippen LogP contribution in [0.5, 0.6) is 5.75 Å². The van der Waals surface area contributed by atoms with E-state index in [0.717, 1.165) is 47.6 Å². The van der Waals surface area contributed by atoms with Gasteiger partial charge >= 0.3 is 5.97 Å². The number of carboxylic acid groups (broad SMARTS) is 1. The van der Waals surface area contributed by atoms with Gasteiger partial charge in [0.15, 0.2) is 0 Å². The molecule has 0 aliphatic carbocycles. The summed E-state index contributed by atoms with van der Waals surface area (Å²) < 4.78 is 5.83. The number of imidazole rings is 1. The number of unbranched alkanes of at least 4 members (excludes halogenated alkanes) is 4. The Balaban J connectivity index is 1.51. The molecule has 1 heterocycles. The Bertz CT molecular complexity index is 935. The number of nitrogens with zero attached hydrogens (tertiary/aromatic N) is 1. The molecule has 0 saturated heterocycles. The maximum atomic E-state index is 10.6. The summed E-state index contributed by atoms with van der Waals surface area (Å²) in [6, 6.07) is 14.2. The number of aliphatic carboxylic acids is 1. The second kappa shape index (κ2) is 11.4. The van der Waals surface area contributed by atoms with Crippen molar-refractivity contribution in [3.05, 3.63) is 59.4 Å². The number of H-pyrrole nitrogens is 1. The molecule has 0 unspecified atom stereocenters. The molecule has 3 N–H and O–H groups in total. The van der Waals surface area contributed by atoms with Crippen LogP contribution in [0, 0.1) is 0 Å². The highest BCUT2D eigenvalue weighted by Crippen LogP contribution is 2.18. The van der Waals surface area contributed by atoms with E-state index >= 15 is 0 Å². The van der Waals surface area contributed by atoms with Crippen LogP contribution in [0.4, 0.5) is 0 Å². The highest BCUT2D eigenvalue weighted by atomic mass is 16.5. The average molecular weight is 410 g/mol. The van der Waals surface area contributed by atoms with E-state index in [9.17, 15) is 4.79 Å². The standard InChI is InChI=1S/C24H31N3O3/c1-2-3-4-5-6-13-30-20-10-7-18(8-11-20)15-23-26-21-12-9-19(14-22(21)27-23)16-25-17-24(28)29/h7-12,14,25H,2-6,13,15-17H2,1H3,(H,26,27)(H,28,29). The number of ether oxygens (including phenoxy) is 1. The lowest BCUT2D eigenvalue weighted by molar-refractivity contribution is -0.135. The smallest absolute Gasteiger partial charge is 0.317 e. The van der Waals surface area contributed by atoms with Crippen LogP contribution in [-0.2, 0) is 17.8 Å². The average Bonchev–Trinajstić information content (AvgIpc) is 3.13. The number of rotatable bonds is 13. The van der Waals surface area contributed by atoms with Gasteiger partial charge < -0.3 is 20.1 Å². The summed E-state index contributed by atoms with van der Waals surface area (Å²) in [5, 5.41) is 11.6. The van der Waals surface area contributed by atoms with Gasteiger partial charge in [0.05, 0.1) is 24.2 Å².